The first kappa shape index (κ1) is 31.3. The van der Waals surface area contributed by atoms with Gasteiger partial charge in [0.15, 0.2) is 6.10 Å². The fourth-order valence-electron chi connectivity index (χ4n) is 4.90. The van der Waals surface area contributed by atoms with Crippen molar-refractivity contribution in [3.05, 3.63) is 66.5 Å². The Hall–Kier alpha value is -3.67. The van der Waals surface area contributed by atoms with Gasteiger partial charge in [0.1, 0.15) is 5.75 Å². The highest BCUT2D eigenvalue weighted by molar-refractivity contribution is 5.98. The SMILES string of the molecule is CCOC(CNc1cccc2c(Oc3ncccc3-c3ccnc(NC4CCCNC4)n3)c(C)ccc12)C(F)(F)F.Cl. The first-order chi connectivity index (χ1) is 19.8. The average Bonchev–Trinajstić information content (AvgIpc) is 2.97. The van der Waals surface area contributed by atoms with Crippen molar-refractivity contribution in [3.63, 3.8) is 0 Å². The second kappa shape index (κ2) is 14.0. The molecule has 1 saturated heterocycles. The third-order valence-electron chi connectivity index (χ3n) is 6.95. The van der Waals surface area contributed by atoms with Crippen molar-refractivity contribution in [2.75, 3.05) is 36.9 Å². The molecule has 0 aliphatic carbocycles. The minimum Gasteiger partial charge on any atom is -0.437 e. The summed E-state index contributed by atoms with van der Waals surface area (Å²) < 4.78 is 51.6. The molecule has 12 heteroatoms. The first-order valence-corrected chi connectivity index (χ1v) is 13.7. The van der Waals surface area contributed by atoms with Crippen LogP contribution in [0.4, 0.5) is 24.8 Å². The standard InChI is InChI=1S/C30H33F3N6O2.ClH/c1-3-40-26(30(31,32)33)18-37-24-10-4-8-22-21(24)12-11-19(2)27(22)41-28-23(9-6-15-35-28)25-13-16-36-29(39-25)38-20-7-5-14-34-17-20;/h4,6,8-13,15-16,20,26,34,37H,3,5,7,14,17-18H2,1-2H3,(H,36,38,39);1H. The Morgan fingerprint density at radius 3 is 2.67 bits per heavy atom. The summed E-state index contributed by atoms with van der Waals surface area (Å²) in [6.07, 6.45) is -0.907. The molecule has 0 amide bonds. The summed E-state index contributed by atoms with van der Waals surface area (Å²) >= 11 is 0. The number of benzene rings is 2. The largest absolute Gasteiger partial charge is 0.437 e. The molecule has 8 nitrogen and oxygen atoms in total. The number of aromatic nitrogens is 3. The van der Waals surface area contributed by atoms with Crippen molar-refractivity contribution >= 4 is 34.8 Å². The van der Waals surface area contributed by atoms with Crippen LogP contribution in [-0.2, 0) is 4.74 Å². The molecule has 4 aromatic rings. The Balaban J connectivity index is 0.00000405. The maximum atomic E-state index is 13.4. The van der Waals surface area contributed by atoms with E-state index in [9.17, 15) is 13.2 Å². The predicted octanol–water partition coefficient (Wildman–Crippen LogP) is 6.76. The van der Waals surface area contributed by atoms with E-state index < -0.39 is 18.8 Å². The predicted molar refractivity (Wildman–Crippen MR) is 161 cm³/mol. The highest BCUT2D eigenvalue weighted by Gasteiger charge is 2.40. The van der Waals surface area contributed by atoms with Crippen LogP contribution in [0, 0.1) is 6.92 Å². The van der Waals surface area contributed by atoms with Gasteiger partial charge in [0.2, 0.25) is 11.8 Å². The zero-order valence-corrected chi connectivity index (χ0v) is 24.2. The number of piperidine rings is 1. The van der Waals surface area contributed by atoms with Crippen molar-refractivity contribution in [1.82, 2.24) is 20.3 Å². The van der Waals surface area contributed by atoms with Gasteiger partial charge >= 0.3 is 6.18 Å². The number of rotatable bonds is 10. The highest BCUT2D eigenvalue weighted by Crippen LogP contribution is 2.39. The molecule has 3 heterocycles. The Morgan fingerprint density at radius 2 is 1.90 bits per heavy atom. The fourth-order valence-corrected chi connectivity index (χ4v) is 4.90. The van der Waals surface area contributed by atoms with Gasteiger partial charge in [-0.05, 0) is 63.1 Å². The van der Waals surface area contributed by atoms with Gasteiger partial charge < -0.3 is 25.4 Å². The number of alkyl halides is 3. The summed E-state index contributed by atoms with van der Waals surface area (Å²) in [5, 5.41) is 11.2. The molecule has 0 bridgehead atoms. The minimum atomic E-state index is -4.47. The lowest BCUT2D eigenvalue weighted by molar-refractivity contribution is -0.214. The van der Waals surface area contributed by atoms with E-state index in [0.717, 1.165) is 42.3 Å². The van der Waals surface area contributed by atoms with E-state index in [1.807, 2.05) is 43.3 Å². The van der Waals surface area contributed by atoms with Gasteiger partial charge in [0.05, 0.1) is 17.8 Å². The van der Waals surface area contributed by atoms with E-state index in [0.29, 0.717) is 34.5 Å². The number of anilines is 2. The quantitative estimate of drug-likeness (QED) is 0.183. The maximum absolute atomic E-state index is 13.4. The Morgan fingerprint density at radius 1 is 1.05 bits per heavy atom. The van der Waals surface area contributed by atoms with Crippen molar-refractivity contribution in [2.45, 2.75) is 45.0 Å². The number of hydrogen-bond acceptors (Lipinski definition) is 8. The summed E-state index contributed by atoms with van der Waals surface area (Å²) in [4.78, 5) is 13.6. The molecule has 0 spiro atoms. The van der Waals surface area contributed by atoms with Crippen molar-refractivity contribution in [3.8, 4) is 22.9 Å². The van der Waals surface area contributed by atoms with E-state index in [1.165, 1.54) is 0 Å². The van der Waals surface area contributed by atoms with Crippen LogP contribution in [0.3, 0.4) is 0 Å². The van der Waals surface area contributed by atoms with Gasteiger partial charge in [-0.25, -0.2) is 15.0 Å². The molecule has 0 saturated carbocycles. The number of pyridine rings is 1. The van der Waals surface area contributed by atoms with Crippen molar-refractivity contribution in [1.29, 1.82) is 0 Å². The molecule has 1 aliphatic heterocycles. The Bertz CT molecular complexity index is 1480. The summed E-state index contributed by atoms with van der Waals surface area (Å²) in [6, 6.07) is 14.9. The molecule has 42 heavy (non-hydrogen) atoms. The van der Waals surface area contributed by atoms with E-state index in [4.69, 9.17) is 14.5 Å². The Kier molecular flexibility index (Phi) is 10.4. The second-order valence-corrected chi connectivity index (χ2v) is 9.89. The van der Waals surface area contributed by atoms with E-state index >= 15 is 0 Å². The molecular weight excluding hydrogens is 569 g/mol. The molecule has 1 fully saturated rings. The van der Waals surface area contributed by atoms with Crippen LogP contribution in [0.15, 0.2) is 60.9 Å². The monoisotopic (exact) mass is 602 g/mol. The molecule has 2 aromatic heterocycles. The lowest BCUT2D eigenvalue weighted by atomic mass is 10.0. The molecule has 2 aromatic carbocycles. The van der Waals surface area contributed by atoms with Crippen molar-refractivity contribution < 1.29 is 22.6 Å². The van der Waals surface area contributed by atoms with Crippen LogP contribution >= 0.6 is 12.4 Å². The number of hydrogen-bond donors (Lipinski definition) is 3. The van der Waals surface area contributed by atoms with Crippen LogP contribution in [0.1, 0.15) is 25.3 Å². The van der Waals surface area contributed by atoms with Crippen LogP contribution in [0.25, 0.3) is 22.0 Å². The van der Waals surface area contributed by atoms with Crippen LogP contribution in [-0.4, -0.2) is 59.5 Å². The number of nitrogens with zero attached hydrogens (tertiary/aromatic N) is 3. The molecular formula is C30H34ClF3N6O2. The minimum absolute atomic E-state index is 0. The summed E-state index contributed by atoms with van der Waals surface area (Å²) in [7, 11) is 0. The van der Waals surface area contributed by atoms with E-state index in [1.54, 1.807) is 31.5 Å². The fraction of sp³-hybridized carbons (Fsp3) is 0.367. The molecule has 2 unspecified atom stereocenters. The summed E-state index contributed by atoms with van der Waals surface area (Å²) in [6.45, 7) is 4.88. The maximum Gasteiger partial charge on any atom is 0.416 e. The van der Waals surface area contributed by atoms with Gasteiger partial charge in [-0.15, -0.1) is 12.4 Å². The van der Waals surface area contributed by atoms with Crippen LogP contribution in [0.2, 0.25) is 0 Å². The van der Waals surface area contributed by atoms with Gasteiger partial charge in [-0.2, -0.15) is 13.2 Å². The molecule has 5 rings (SSSR count). The number of ether oxygens (including phenoxy) is 2. The zero-order chi connectivity index (χ0) is 28.8. The topological polar surface area (TPSA) is 93.2 Å². The third kappa shape index (κ3) is 7.39. The first-order valence-electron chi connectivity index (χ1n) is 13.7. The lowest BCUT2D eigenvalue weighted by Gasteiger charge is -2.23. The van der Waals surface area contributed by atoms with Gasteiger partial charge in [0, 0.05) is 48.0 Å². The molecule has 1 aliphatic rings. The van der Waals surface area contributed by atoms with E-state index in [-0.39, 0.29) is 25.1 Å². The number of nitrogens with one attached hydrogen (secondary N) is 3. The normalized spacial score (nSPS) is 16.0. The van der Waals surface area contributed by atoms with E-state index in [2.05, 4.69) is 25.9 Å². The summed E-state index contributed by atoms with van der Waals surface area (Å²) in [5.74, 6) is 1.45. The molecule has 2 atom stereocenters. The summed E-state index contributed by atoms with van der Waals surface area (Å²) in [5.41, 5.74) is 2.74. The molecule has 224 valence electrons. The van der Waals surface area contributed by atoms with Gasteiger partial charge in [-0.3, -0.25) is 0 Å². The Labute approximate surface area is 248 Å². The van der Waals surface area contributed by atoms with Gasteiger partial charge in [-0.1, -0.05) is 24.3 Å². The smallest absolute Gasteiger partial charge is 0.416 e. The molecule has 0 radical (unpaired) electrons. The zero-order valence-electron chi connectivity index (χ0n) is 23.4. The number of fused-ring (bicyclic) bond motifs is 1. The third-order valence-corrected chi connectivity index (χ3v) is 6.95. The number of halogens is 4. The average molecular weight is 603 g/mol. The lowest BCUT2D eigenvalue weighted by Crippen LogP contribution is -2.38. The highest BCUT2D eigenvalue weighted by atomic mass is 35.5. The van der Waals surface area contributed by atoms with Crippen LogP contribution < -0.4 is 20.7 Å². The molecule has 3 N–H and O–H groups in total. The van der Waals surface area contributed by atoms with Crippen molar-refractivity contribution in [2.24, 2.45) is 0 Å². The second-order valence-electron chi connectivity index (χ2n) is 9.89. The number of aryl methyl sites for hydroxylation is 1. The van der Waals surface area contributed by atoms with Gasteiger partial charge in [0.25, 0.3) is 0 Å². The van der Waals surface area contributed by atoms with Crippen LogP contribution in [0.5, 0.6) is 11.6 Å².